The number of carboxylic acids is 1. The normalized spacial score (nSPS) is 10.0. The Labute approximate surface area is 119 Å². The molecule has 2 amide bonds. The molecule has 0 bridgehead atoms. The number of nitrogens with zero attached hydrogens (tertiary/aromatic N) is 1. The van der Waals surface area contributed by atoms with Crippen LogP contribution in [0.2, 0.25) is 0 Å². The highest BCUT2D eigenvalue weighted by Gasteiger charge is 2.12. The molecule has 2 aromatic heterocycles. The Balaban J connectivity index is 1.87. The van der Waals surface area contributed by atoms with E-state index in [1.807, 2.05) is 17.5 Å². The molecule has 6 nitrogen and oxygen atoms in total. The lowest BCUT2D eigenvalue weighted by Crippen LogP contribution is -2.31. The van der Waals surface area contributed by atoms with Gasteiger partial charge in [-0.3, -0.25) is 0 Å². The van der Waals surface area contributed by atoms with E-state index in [4.69, 9.17) is 5.11 Å². The molecule has 3 N–H and O–H groups in total. The van der Waals surface area contributed by atoms with Gasteiger partial charge in [0.2, 0.25) is 0 Å². The Bertz CT molecular complexity index is 599. The van der Waals surface area contributed by atoms with Crippen molar-refractivity contribution in [3.8, 4) is 0 Å². The summed E-state index contributed by atoms with van der Waals surface area (Å²) < 4.78 is 0. The summed E-state index contributed by atoms with van der Waals surface area (Å²) in [5, 5.41) is 16.1. The number of urea groups is 1. The van der Waals surface area contributed by atoms with Gasteiger partial charge in [-0.05, 0) is 30.0 Å². The first-order valence-corrected chi connectivity index (χ1v) is 6.80. The van der Waals surface area contributed by atoms with E-state index in [0.717, 1.165) is 6.42 Å². The number of pyridine rings is 1. The Hall–Kier alpha value is -2.41. The molecule has 0 spiro atoms. The van der Waals surface area contributed by atoms with Crippen molar-refractivity contribution in [2.45, 2.75) is 6.42 Å². The highest BCUT2D eigenvalue weighted by Crippen LogP contribution is 2.12. The summed E-state index contributed by atoms with van der Waals surface area (Å²) in [6.45, 7) is 0.481. The number of hydrogen-bond acceptors (Lipinski definition) is 4. The van der Waals surface area contributed by atoms with Gasteiger partial charge in [-0.15, -0.1) is 11.3 Å². The average Bonchev–Trinajstić information content (AvgIpc) is 2.92. The molecule has 0 fully saturated rings. The molecular weight excluding hydrogens is 278 g/mol. The van der Waals surface area contributed by atoms with Crippen LogP contribution in [0, 0.1) is 0 Å². The monoisotopic (exact) mass is 291 g/mol. The summed E-state index contributed by atoms with van der Waals surface area (Å²) in [5.74, 6) is -1.18. The Morgan fingerprint density at radius 1 is 1.30 bits per heavy atom. The van der Waals surface area contributed by atoms with Crippen LogP contribution in [-0.4, -0.2) is 28.6 Å². The minimum Gasteiger partial charge on any atom is -0.476 e. The number of carboxylic acid groups (broad SMARTS) is 1. The molecule has 0 radical (unpaired) electrons. The topological polar surface area (TPSA) is 91.3 Å². The van der Waals surface area contributed by atoms with Crippen LogP contribution in [0.3, 0.4) is 0 Å². The van der Waals surface area contributed by atoms with Gasteiger partial charge < -0.3 is 15.7 Å². The maximum absolute atomic E-state index is 11.7. The summed E-state index contributed by atoms with van der Waals surface area (Å²) in [6, 6.07) is 6.56. The fourth-order valence-electron chi connectivity index (χ4n) is 1.60. The minimum absolute atomic E-state index is 0.175. The van der Waals surface area contributed by atoms with E-state index in [-0.39, 0.29) is 11.4 Å². The first kappa shape index (κ1) is 14.0. The van der Waals surface area contributed by atoms with E-state index in [9.17, 15) is 9.59 Å². The third-order valence-electron chi connectivity index (χ3n) is 2.50. The standard InChI is InChI=1S/C13H13N3O3S/c17-12(18)11-10(4-1-6-14-11)16-13(19)15-7-5-9-3-2-8-20-9/h1-4,6,8H,5,7H2,(H,17,18)(H2,15,16,19). The van der Waals surface area contributed by atoms with Gasteiger partial charge in [0.25, 0.3) is 0 Å². The molecule has 104 valence electrons. The molecule has 2 aromatic rings. The van der Waals surface area contributed by atoms with Crippen LogP contribution >= 0.6 is 11.3 Å². The summed E-state index contributed by atoms with van der Waals surface area (Å²) in [6.07, 6.45) is 2.10. The second kappa shape index (κ2) is 6.67. The molecule has 0 aliphatic heterocycles. The van der Waals surface area contributed by atoms with Gasteiger partial charge in [0.15, 0.2) is 5.69 Å². The smallest absolute Gasteiger partial charge is 0.356 e. The third-order valence-corrected chi connectivity index (χ3v) is 3.43. The molecule has 2 rings (SSSR count). The lowest BCUT2D eigenvalue weighted by molar-refractivity contribution is 0.0692. The fourth-order valence-corrected chi connectivity index (χ4v) is 2.31. The van der Waals surface area contributed by atoms with Gasteiger partial charge in [-0.25, -0.2) is 14.6 Å². The van der Waals surface area contributed by atoms with Crippen LogP contribution < -0.4 is 10.6 Å². The number of aromatic nitrogens is 1. The summed E-state index contributed by atoms with van der Waals surface area (Å²) >= 11 is 1.63. The molecule has 0 unspecified atom stereocenters. The van der Waals surface area contributed by atoms with Crippen molar-refractivity contribution < 1.29 is 14.7 Å². The minimum atomic E-state index is -1.18. The molecule has 7 heteroatoms. The van der Waals surface area contributed by atoms with E-state index in [0.29, 0.717) is 6.54 Å². The van der Waals surface area contributed by atoms with E-state index >= 15 is 0 Å². The Kier molecular flexibility index (Phi) is 4.67. The number of rotatable bonds is 5. The van der Waals surface area contributed by atoms with Crippen molar-refractivity contribution in [3.63, 3.8) is 0 Å². The molecule has 0 saturated heterocycles. The van der Waals surface area contributed by atoms with Crippen molar-refractivity contribution in [1.29, 1.82) is 0 Å². The molecule has 0 saturated carbocycles. The predicted octanol–water partition coefficient (Wildman–Crippen LogP) is 2.21. The van der Waals surface area contributed by atoms with Gasteiger partial charge in [-0.2, -0.15) is 0 Å². The van der Waals surface area contributed by atoms with Gasteiger partial charge in [0.05, 0.1) is 5.69 Å². The van der Waals surface area contributed by atoms with Gasteiger partial charge in [0.1, 0.15) is 0 Å². The molecule has 20 heavy (non-hydrogen) atoms. The van der Waals surface area contributed by atoms with E-state index < -0.39 is 12.0 Å². The van der Waals surface area contributed by atoms with Crippen LogP contribution in [0.4, 0.5) is 10.5 Å². The Morgan fingerprint density at radius 3 is 2.85 bits per heavy atom. The maximum Gasteiger partial charge on any atom is 0.356 e. The zero-order chi connectivity index (χ0) is 14.4. The van der Waals surface area contributed by atoms with Crippen molar-refractivity contribution >= 4 is 29.0 Å². The zero-order valence-electron chi connectivity index (χ0n) is 10.5. The molecule has 0 aliphatic rings. The number of anilines is 1. The summed E-state index contributed by atoms with van der Waals surface area (Å²) in [4.78, 5) is 27.5. The first-order chi connectivity index (χ1) is 9.66. The molecular formula is C13H13N3O3S. The second-order valence-electron chi connectivity index (χ2n) is 3.91. The lowest BCUT2D eigenvalue weighted by atomic mass is 10.3. The van der Waals surface area contributed by atoms with E-state index in [2.05, 4.69) is 15.6 Å². The van der Waals surface area contributed by atoms with Crippen molar-refractivity contribution in [2.75, 3.05) is 11.9 Å². The number of nitrogens with one attached hydrogen (secondary N) is 2. The van der Waals surface area contributed by atoms with Crippen molar-refractivity contribution in [2.24, 2.45) is 0 Å². The van der Waals surface area contributed by atoms with Gasteiger partial charge in [0, 0.05) is 17.6 Å². The quantitative estimate of drug-likeness (QED) is 0.787. The number of carbonyl (C=O) groups is 2. The van der Waals surface area contributed by atoms with Crippen molar-refractivity contribution in [1.82, 2.24) is 10.3 Å². The second-order valence-corrected chi connectivity index (χ2v) is 4.95. The fraction of sp³-hybridized carbons (Fsp3) is 0.154. The van der Waals surface area contributed by atoms with Crippen molar-refractivity contribution in [3.05, 3.63) is 46.4 Å². The van der Waals surface area contributed by atoms with Crippen LogP contribution in [0.5, 0.6) is 0 Å². The highest BCUT2D eigenvalue weighted by atomic mass is 32.1. The molecule has 2 heterocycles. The van der Waals surface area contributed by atoms with Crippen LogP contribution in [0.1, 0.15) is 15.4 Å². The summed E-state index contributed by atoms with van der Waals surface area (Å²) in [7, 11) is 0. The number of hydrogen-bond donors (Lipinski definition) is 3. The van der Waals surface area contributed by atoms with E-state index in [1.165, 1.54) is 17.1 Å². The first-order valence-electron chi connectivity index (χ1n) is 5.92. The number of thiophene rings is 1. The SMILES string of the molecule is O=C(NCCc1cccs1)Nc1cccnc1C(=O)O. The van der Waals surface area contributed by atoms with Gasteiger partial charge in [-0.1, -0.05) is 6.07 Å². The molecule has 0 aliphatic carbocycles. The Morgan fingerprint density at radius 2 is 2.15 bits per heavy atom. The number of amides is 2. The lowest BCUT2D eigenvalue weighted by Gasteiger charge is -2.08. The maximum atomic E-state index is 11.7. The largest absolute Gasteiger partial charge is 0.476 e. The van der Waals surface area contributed by atoms with E-state index in [1.54, 1.807) is 17.4 Å². The highest BCUT2D eigenvalue weighted by molar-refractivity contribution is 7.09. The predicted molar refractivity (Wildman–Crippen MR) is 76.2 cm³/mol. The number of carbonyl (C=O) groups excluding carboxylic acids is 1. The third kappa shape index (κ3) is 3.79. The van der Waals surface area contributed by atoms with Crippen LogP contribution in [0.15, 0.2) is 35.8 Å². The summed E-state index contributed by atoms with van der Waals surface area (Å²) in [5.41, 5.74) is -0.00506. The average molecular weight is 291 g/mol. The van der Waals surface area contributed by atoms with Gasteiger partial charge >= 0.3 is 12.0 Å². The zero-order valence-corrected chi connectivity index (χ0v) is 11.3. The van der Waals surface area contributed by atoms with Crippen LogP contribution in [-0.2, 0) is 6.42 Å². The number of aromatic carboxylic acids is 1. The molecule has 0 aromatic carbocycles. The van der Waals surface area contributed by atoms with Crippen LogP contribution in [0.25, 0.3) is 0 Å². The molecule has 0 atom stereocenters.